The molecule has 0 N–H and O–H groups in total. The molecular formula is C14H24O. The maximum absolute atomic E-state index is 12.2. The molecule has 1 saturated carbocycles. The highest BCUT2D eigenvalue weighted by Gasteiger charge is 2.38. The summed E-state index contributed by atoms with van der Waals surface area (Å²) in [5.41, 5.74) is 1.29. The van der Waals surface area contributed by atoms with Crippen molar-refractivity contribution in [1.82, 2.24) is 0 Å². The smallest absolute Gasteiger partial charge is 0.140 e. The lowest BCUT2D eigenvalue weighted by Gasteiger charge is -2.39. The Morgan fingerprint density at radius 1 is 1.53 bits per heavy atom. The van der Waals surface area contributed by atoms with Crippen LogP contribution in [0.2, 0.25) is 0 Å². The summed E-state index contributed by atoms with van der Waals surface area (Å²) < 4.78 is 0. The normalized spacial score (nSPS) is 25.7. The van der Waals surface area contributed by atoms with Gasteiger partial charge in [-0.15, -0.1) is 0 Å². The first-order valence-corrected chi connectivity index (χ1v) is 6.05. The van der Waals surface area contributed by atoms with Gasteiger partial charge in [-0.3, -0.25) is 4.79 Å². The molecule has 0 radical (unpaired) electrons. The monoisotopic (exact) mass is 208 g/mol. The lowest BCUT2D eigenvalue weighted by atomic mass is 9.64. The molecule has 1 unspecified atom stereocenters. The fourth-order valence-corrected chi connectivity index (χ4v) is 2.80. The van der Waals surface area contributed by atoms with Gasteiger partial charge < -0.3 is 0 Å². The van der Waals surface area contributed by atoms with Crippen LogP contribution >= 0.6 is 0 Å². The highest BCUT2D eigenvalue weighted by Crippen LogP contribution is 2.44. The molecule has 15 heavy (non-hydrogen) atoms. The molecule has 0 aliphatic heterocycles. The zero-order valence-corrected chi connectivity index (χ0v) is 10.6. The summed E-state index contributed by atoms with van der Waals surface area (Å²) in [6.07, 6.45) is 4.09. The molecule has 0 saturated heterocycles. The van der Waals surface area contributed by atoms with Crippen molar-refractivity contribution >= 4 is 5.78 Å². The number of Topliss-reactive ketones (excluding diaryl/α,β-unsaturated/α-hetero) is 1. The van der Waals surface area contributed by atoms with Gasteiger partial charge in [0.25, 0.3) is 0 Å². The zero-order chi connectivity index (χ0) is 11.6. The van der Waals surface area contributed by atoms with E-state index in [1.807, 2.05) is 0 Å². The molecule has 0 spiro atoms. The van der Waals surface area contributed by atoms with Gasteiger partial charge in [-0.05, 0) is 30.6 Å². The van der Waals surface area contributed by atoms with E-state index in [1.165, 1.54) is 6.42 Å². The van der Waals surface area contributed by atoms with E-state index < -0.39 is 0 Å². The third-order valence-corrected chi connectivity index (χ3v) is 3.44. The molecule has 0 aromatic heterocycles. The van der Waals surface area contributed by atoms with Crippen molar-refractivity contribution in [2.24, 2.45) is 17.3 Å². The van der Waals surface area contributed by atoms with Crippen molar-refractivity contribution in [2.75, 3.05) is 0 Å². The molecule has 1 fully saturated rings. The van der Waals surface area contributed by atoms with Gasteiger partial charge in [-0.1, -0.05) is 39.8 Å². The van der Waals surface area contributed by atoms with Gasteiger partial charge in [0.2, 0.25) is 0 Å². The predicted molar refractivity (Wildman–Crippen MR) is 64.7 cm³/mol. The highest BCUT2D eigenvalue weighted by molar-refractivity contribution is 5.84. The van der Waals surface area contributed by atoms with Crippen molar-refractivity contribution in [1.29, 1.82) is 0 Å². The van der Waals surface area contributed by atoms with Gasteiger partial charge in [0.1, 0.15) is 5.78 Å². The SMILES string of the molecule is C=C1CCCC(C)(C)C1C(=O)CC(C)C. The summed E-state index contributed by atoms with van der Waals surface area (Å²) in [6, 6.07) is 0. The minimum absolute atomic E-state index is 0.105. The topological polar surface area (TPSA) is 17.1 Å². The second-order valence-corrected chi connectivity index (χ2v) is 6.00. The standard InChI is InChI=1S/C14H24O/c1-10(2)9-12(15)13-11(3)7-6-8-14(13,4)5/h10,13H,3,6-9H2,1-2,4-5H3. The van der Waals surface area contributed by atoms with Crippen molar-refractivity contribution in [3.8, 4) is 0 Å². The molecule has 0 heterocycles. The fraction of sp³-hybridized carbons (Fsp3) is 0.786. The van der Waals surface area contributed by atoms with Crippen molar-refractivity contribution in [3.05, 3.63) is 12.2 Å². The van der Waals surface area contributed by atoms with Crippen LogP contribution in [0.25, 0.3) is 0 Å². The van der Waals surface area contributed by atoms with Crippen LogP contribution in [-0.4, -0.2) is 5.78 Å². The van der Waals surface area contributed by atoms with Crippen LogP contribution < -0.4 is 0 Å². The Labute approximate surface area is 93.9 Å². The molecule has 0 bridgehead atoms. The van der Waals surface area contributed by atoms with E-state index in [4.69, 9.17) is 0 Å². The summed E-state index contributed by atoms with van der Waals surface area (Å²) in [5, 5.41) is 0. The molecule has 86 valence electrons. The third-order valence-electron chi connectivity index (χ3n) is 3.44. The van der Waals surface area contributed by atoms with Crippen molar-refractivity contribution in [2.45, 2.75) is 53.4 Å². The van der Waals surface area contributed by atoms with Crippen LogP contribution in [0.5, 0.6) is 0 Å². The average Bonchev–Trinajstić information content (AvgIpc) is 1.99. The minimum atomic E-state index is 0.105. The molecule has 0 amide bonds. The van der Waals surface area contributed by atoms with E-state index in [0.717, 1.165) is 18.4 Å². The Balaban J connectivity index is 2.79. The molecule has 0 aromatic rings. The fourth-order valence-electron chi connectivity index (χ4n) is 2.80. The van der Waals surface area contributed by atoms with E-state index in [0.29, 0.717) is 18.1 Å². The van der Waals surface area contributed by atoms with Crippen LogP contribution in [0.3, 0.4) is 0 Å². The van der Waals surface area contributed by atoms with E-state index >= 15 is 0 Å². The van der Waals surface area contributed by atoms with Gasteiger partial charge in [-0.25, -0.2) is 0 Å². The number of carbonyl (C=O) groups excluding carboxylic acids is 1. The van der Waals surface area contributed by atoms with E-state index in [-0.39, 0.29) is 11.3 Å². The number of rotatable bonds is 3. The summed E-state index contributed by atoms with van der Waals surface area (Å²) in [6.45, 7) is 12.7. The summed E-state index contributed by atoms with van der Waals surface area (Å²) >= 11 is 0. The van der Waals surface area contributed by atoms with Gasteiger partial charge in [0.15, 0.2) is 0 Å². The summed E-state index contributed by atoms with van der Waals surface area (Å²) in [5.74, 6) is 0.969. The lowest BCUT2D eigenvalue weighted by molar-refractivity contribution is -0.126. The summed E-state index contributed by atoms with van der Waals surface area (Å²) in [7, 11) is 0. The van der Waals surface area contributed by atoms with E-state index in [9.17, 15) is 4.79 Å². The number of hydrogen-bond donors (Lipinski definition) is 0. The Kier molecular flexibility index (Phi) is 3.75. The second kappa shape index (κ2) is 4.51. The molecule has 1 atom stereocenters. The van der Waals surface area contributed by atoms with E-state index in [2.05, 4.69) is 34.3 Å². The number of allylic oxidation sites excluding steroid dienone is 1. The maximum Gasteiger partial charge on any atom is 0.140 e. The largest absolute Gasteiger partial charge is 0.299 e. The Bertz CT molecular complexity index is 261. The first kappa shape index (κ1) is 12.5. The van der Waals surface area contributed by atoms with Crippen molar-refractivity contribution in [3.63, 3.8) is 0 Å². The number of hydrogen-bond acceptors (Lipinski definition) is 1. The minimum Gasteiger partial charge on any atom is -0.299 e. The van der Waals surface area contributed by atoms with Gasteiger partial charge in [0, 0.05) is 12.3 Å². The molecule has 1 heteroatoms. The molecule has 1 aliphatic rings. The molecule has 0 aromatic carbocycles. The van der Waals surface area contributed by atoms with Gasteiger partial charge in [0.05, 0.1) is 0 Å². The number of carbonyl (C=O) groups is 1. The van der Waals surface area contributed by atoms with Gasteiger partial charge in [-0.2, -0.15) is 0 Å². The number of ketones is 1. The van der Waals surface area contributed by atoms with Crippen LogP contribution in [0.1, 0.15) is 53.4 Å². The van der Waals surface area contributed by atoms with Crippen LogP contribution in [0.15, 0.2) is 12.2 Å². The quantitative estimate of drug-likeness (QED) is 0.641. The first-order valence-electron chi connectivity index (χ1n) is 6.05. The molecule has 1 rings (SSSR count). The van der Waals surface area contributed by atoms with Crippen LogP contribution in [0.4, 0.5) is 0 Å². The van der Waals surface area contributed by atoms with Crippen LogP contribution in [0, 0.1) is 17.3 Å². The molecule has 1 nitrogen and oxygen atoms in total. The first-order chi connectivity index (χ1) is 6.84. The van der Waals surface area contributed by atoms with Crippen LogP contribution in [-0.2, 0) is 4.79 Å². The maximum atomic E-state index is 12.2. The van der Waals surface area contributed by atoms with E-state index in [1.54, 1.807) is 0 Å². The third kappa shape index (κ3) is 2.93. The van der Waals surface area contributed by atoms with Gasteiger partial charge >= 0.3 is 0 Å². The predicted octanol–water partition coefficient (Wildman–Crippen LogP) is 3.98. The molecule has 1 aliphatic carbocycles. The Morgan fingerprint density at radius 2 is 2.13 bits per heavy atom. The Hall–Kier alpha value is -0.590. The summed E-state index contributed by atoms with van der Waals surface area (Å²) in [4.78, 5) is 12.2. The highest BCUT2D eigenvalue weighted by atomic mass is 16.1. The lowest BCUT2D eigenvalue weighted by Crippen LogP contribution is -2.36. The average molecular weight is 208 g/mol. The molecular weight excluding hydrogens is 184 g/mol. The van der Waals surface area contributed by atoms with Crippen molar-refractivity contribution < 1.29 is 4.79 Å². The second-order valence-electron chi connectivity index (χ2n) is 6.00. The zero-order valence-electron chi connectivity index (χ0n) is 10.6. The Morgan fingerprint density at radius 3 is 2.60 bits per heavy atom.